The van der Waals surface area contributed by atoms with Gasteiger partial charge < -0.3 is 9.68 Å². The van der Waals surface area contributed by atoms with Gasteiger partial charge in [0.15, 0.2) is 0 Å². The number of hydrogen-bond donors (Lipinski definition) is 1. The minimum absolute atomic E-state index is 0.403. The van der Waals surface area contributed by atoms with Crippen molar-refractivity contribution in [3.63, 3.8) is 0 Å². The fourth-order valence-electron chi connectivity index (χ4n) is 0.894. The van der Waals surface area contributed by atoms with Gasteiger partial charge in [-0.05, 0) is 18.7 Å². The van der Waals surface area contributed by atoms with Gasteiger partial charge in [0.25, 0.3) is 0 Å². The van der Waals surface area contributed by atoms with Crippen molar-refractivity contribution in [3.05, 3.63) is 0 Å². The first kappa shape index (κ1) is 5.75. The first-order valence-corrected chi connectivity index (χ1v) is 3.70. The summed E-state index contributed by atoms with van der Waals surface area (Å²) in [5.41, 5.74) is 0. The molecule has 0 bridgehead atoms. The molecule has 2 fully saturated rings. The molecular formula is C6H11BO2. The van der Waals surface area contributed by atoms with Gasteiger partial charge in [0.05, 0.1) is 0 Å². The summed E-state index contributed by atoms with van der Waals surface area (Å²) in [4.78, 5) is 0. The van der Waals surface area contributed by atoms with Crippen LogP contribution in [0.25, 0.3) is 0 Å². The first-order chi connectivity index (χ1) is 4.36. The minimum Gasteiger partial charge on any atom is -0.427 e. The van der Waals surface area contributed by atoms with Crippen LogP contribution in [0.5, 0.6) is 0 Å². The molecule has 3 heteroatoms. The maximum atomic E-state index is 9.18. The van der Waals surface area contributed by atoms with Gasteiger partial charge in [0.2, 0.25) is 0 Å². The number of rotatable bonds is 3. The maximum Gasteiger partial charge on any atom is 0.457 e. The van der Waals surface area contributed by atoms with Gasteiger partial charge in [-0.15, -0.1) is 0 Å². The lowest BCUT2D eigenvalue weighted by molar-refractivity contribution is 0.244. The SMILES string of the molecule is OB(OC1CC1)C1CC1. The predicted molar refractivity (Wildman–Crippen MR) is 35.1 cm³/mol. The van der Waals surface area contributed by atoms with Gasteiger partial charge >= 0.3 is 7.12 Å². The molecule has 50 valence electrons. The monoisotopic (exact) mass is 126 g/mol. The lowest BCUT2D eigenvalue weighted by Gasteiger charge is -2.02. The average molecular weight is 126 g/mol. The molecule has 1 N–H and O–H groups in total. The molecule has 2 aliphatic rings. The van der Waals surface area contributed by atoms with E-state index < -0.39 is 7.12 Å². The van der Waals surface area contributed by atoms with E-state index in [4.69, 9.17) is 4.65 Å². The van der Waals surface area contributed by atoms with Crippen LogP contribution in [0, 0.1) is 0 Å². The van der Waals surface area contributed by atoms with E-state index in [-0.39, 0.29) is 0 Å². The first-order valence-electron chi connectivity index (χ1n) is 3.70. The highest BCUT2D eigenvalue weighted by molar-refractivity contribution is 6.46. The Morgan fingerprint density at radius 2 is 1.89 bits per heavy atom. The Balaban J connectivity index is 1.69. The molecule has 0 spiro atoms. The number of hydrogen-bond acceptors (Lipinski definition) is 2. The summed E-state index contributed by atoms with van der Waals surface area (Å²) in [6.45, 7) is 0. The molecule has 0 saturated heterocycles. The summed E-state index contributed by atoms with van der Waals surface area (Å²) in [5, 5.41) is 9.18. The van der Waals surface area contributed by atoms with Gasteiger partial charge in [-0.1, -0.05) is 12.8 Å². The van der Waals surface area contributed by atoms with Crippen molar-refractivity contribution in [1.82, 2.24) is 0 Å². The van der Waals surface area contributed by atoms with Crippen LogP contribution in [-0.4, -0.2) is 18.2 Å². The van der Waals surface area contributed by atoms with E-state index in [1.807, 2.05) is 0 Å². The van der Waals surface area contributed by atoms with Crippen LogP contribution in [0.3, 0.4) is 0 Å². The van der Waals surface area contributed by atoms with E-state index in [1.165, 1.54) is 0 Å². The Morgan fingerprint density at radius 1 is 1.22 bits per heavy atom. The van der Waals surface area contributed by atoms with E-state index >= 15 is 0 Å². The van der Waals surface area contributed by atoms with E-state index in [2.05, 4.69) is 0 Å². The second-order valence-corrected chi connectivity index (χ2v) is 3.06. The molecule has 0 unspecified atom stereocenters. The molecule has 0 aromatic carbocycles. The molecular weight excluding hydrogens is 115 g/mol. The second-order valence-electron chi connectivity index (χ2n) is 3.06. The van der Waals surface area contributed by atoms with Gasteiger partial charge in [0, 0.05) is 6.10 Å². The molecule has 9 heavy (non-hydrogen) atoms. The van der Waals surface area contributed by atoms with Crippen LogP contribution in [0.1, 0.15) is 25.7 Å². The zero-order valence-electron chi connectivity index (χ0n) is 5.42. The summed E-state index contributed by atoms with van der Waals surface area (Å²) in [6.07, 6.45) is 5.04. The smallest absolute Gasteiger partial charge is 0.427 e. The molecule has 0 radical (unpaired) electrons. The Bertz CT molecular complexity index is 110. The average Bonchev–Trinajstić information content (AvgIpc) is 2.62. The van der Waals surface area contributed by atoms with Gasteiger partial charge in [-0.2, -0.15) is 0 Å². The lowest BCUT2D eigenvalue weighted by atomic mass is 9.83. The zero-order valence-corrected chi connectivity index (χ0v) is 5.42. The topological polar surface area (TPSA) is 29.5 Å². The Kier molecular flexibility index (Phi) is 1.27. The van der Waals surface area contributed by atoms with E-state index in [0.29, 0.717) is 11.9 Å². The molecule has 2 rings (SSSR count). The third-order valence-electron chi connectivity index (χ3n) is 1.88. The van der Waals surface area contributed by atoms with E-state index in [9.17, 15) is 5.02 Å². The fraction of sp³-hybridized carbons (Fsp3) is 1.00. The Hall–Kier alpha value is -0.0151. The van der Waals surface area contributed by atoms with Crippen molar-refractivity contribution >= 4 is 7.12 Å². The zero-order chi connectivity index (χ0) is 6.27. The van der Waals surface area contributed by atoms with E-state index in [0.717, 1.165) is 25.7 Å². The van der Waals surface area contributed by atoms with Crippen LogP contribution < -0.4 is 0 Å². The molecule has 2 aliphatic carbocycles. The van der Waals surface area contributed by atoms with Crippen LogP contribution in [0.4, 0.5) is 0 Å². The summed E-state index contributed by atoms with van der Waals surface area (Å²) in [6, 6.07) is 0. The second kappa shape index (κ2) is 1.99. The van der Waals surface area contributed by atoms with Crippen molar-refractivity contribution in [2.24, 2.45) is 0 Å². The summed E-state index contributed by atoms with van der Waals surface area (Å²) < 4.78 is 5.24. The Labute approximate surface area is 55.4 Å². The summed E-state index contributed by atoms with van der Waals surface area (Å²) in [5.74, 6) is 0.477. The van der Waals surface area contributed by atoms with Gasteiger partial charge in [0.1, 0.15) is 0 Å². The van der Waals surface area contributed by atoms with Crippen LogP contribution in [0.15, 0.2) is 0 Å². The minimum atomic E-state index is -0.433. The van der Waals surface area contributed by atoms with Crippen LogP contribution in [0.2, 0.25) is 5.82 Å². The third-order valence-corrected chi connectivity index (χ3v) is 1.88. The highest BCUT2D eigenvalue weighted by Crippen LogP contribution is 2.40. The van der Waals surface area contributed by atoms with Crippen molar-refractivity contribution in [3.8, 4) is 0 Å². The van der Waals surface area contributed by atoms with E-state index in [1.54, 1.807) is 0 Å². The highest BCUT2D eigenvalue weighted by Gasteiger charge is 2.39. The lowest BCUT2D eigenvalue weighted by Crippen LogP contribution is -2.18. The molecule has 0 aliphatic heterocycles. The van der Waals surface area contributed by atoms with Crippen molar-refractivity contribution in [2.75, 3.05) is 0 Å². The van der Waals surface area contributed by atoms with Gasteiger partial charge in [-0.3, -0.25) is 0 Å². The molecule has 0 amide bonds. The third kappa shape index (κ3) is 1.46. The predicted octanol–water partition coefficient (Wildman–Crippen LogP) is 0.810. The standard InChI is InChI=1S/C6H11BO2/c8-7(5-1-2-5)9-6-3-4-6/h5-6,8H,1-4H2. The van der Waals surface area contributed by atoms with Crippen LogP contribution in [-0.2, 0) is 4.65 Å². The van der Waals surface area contributed by atoms with Crippen molar-refractivity contribution in [2.45, 2.75) is 37.6 Å². The summed E-state index contributed by atoms with van der Waals surface area (Å²) >= 11 is 0. The maximum absolute atomic E-state index is 9.18. The van der Waals surface area contributed by atoms with Crippen LogP contribution >= 0.6 is 0 Å². The molecule has 0 aromatic heterocycles. The molecule has 0 heterocycles. The molecule has 0 atom stereocenters. The van der Waals surface area contributed by atoms with Gasteiger partial charge in [-0.25, -0.2) is 0 Å². The Morgan fingerprint density at radius 3 is 2.33 bits per heavy atom. The largest absolute Gasteiger partial charge is 0.457 e. The quantitative estimate of drug-likeness (QED) is 0.567. The van der Waals surface area contributed by atoms with Crippen molar-refractivity contribution in [1.29, 1.82) is 0 Å². The fourth-order valence-corrected chi connectivity index (χ4v) is 0.894. The normalized spacial score (nSPS) is 26.3. The summed E-state index contributed by atoms with van der Waals surface area (Å²) in [7, 11) is -0.433. The molecule has 0 aromatic rings. The highest BCUT2D eigenvalue weighted by atomic mass is 16.5. The molecule has 2 nitrogen and oxygen atoms in total. The molecule has 2 saturated carbocycles. The van der Waals surface area contributed by atoms with Crippen molar-refractivity contribution < 1.29 is 9.68 Å².